The van der Waals surface area contributed by atoms with E-state index in [9.17, 15) is 0 Å². The Morgan fingerprint density at radius 3 is 2.84 bits per heavy atom. The molecule has 1 aromatic carbocycles. The average molecular weight is 407 g/mol. The minimum atomic E-state index is 0.446. The summed E-state index contributed by atoms with van der Waals surface area (Å²) < 4.78 is 7.10. The second-order valence-corrected chi connectivity index (χ2v) is 5.93. The molecule has 0 saturated heterocycles. The van der Waals surface area contributed by atoms with Gasteiger partial charge in [-0.15, -0.1) is 0 Å². The van der Waals surface area contributed by atoms with Crippen LogP contribution in [0.15, 0.2) is 39.4 Å². The van der Waals surface area contributed by atoms with Crippen LogP contribution in [0.4, 0.5) is 5.69 Å². The van der Waals surface area contributed by atoms with Gasteiger partial charge in [0.1, 0.15) is 5.75 Å². The Labute approximate surface area is 133 Å². The summed E-state index contributed by atoms with van der Waals surface area (Å²) in [5.74, 6) is 0.818. The van der Waals surface area contributed by atoms with Crippen LogP contribution in [0.3, 0.4) is 0 Å². The molecule has 1 aromatic heterocycles. The van der Waals surface area contributed by atoms with Crippen molar-refractivity contribution in [2.24, 2.45) is 0 Å². The largest absolute Gasteiger partial charge is 0.497 e. The molecule has 0 atom stereocenters. The van der Waals surface area contributed by atoms with Gasteiger partial charge in [0.05, 0.1) is 12.8 Å². The number of halogens is 3. The molecule has 1 N–H and O–H groups in total. The zero-order chi connectivity index (χ0) is 13.8. The Bertz CT molecular complexity index is 593. The standard InChI is InChI=1S/C13H11Br2ClN2O/c1-19-10-2-3-11(15)8(4-10)6-17-12-5-9(14)7-18-13(12)16/h2-5,7,17H,6H2,1H3. The molecular formula is C13H11Br2ClN2O. The van der Waals surface area contributed by atoms with Gasteiger partial charge >= 0.3 is 0 Å². The molecular weight excluding hydrogens is 395 g/mol. The first-order chi connectivity index (χ1) is 9.10. The SMILES string of the molecule is COc1ccc(Br)c(CNc2cc(Br)cnc2Cl)c1. The second-order valence-electron chi connectivity index (χ2n) is 3.80. The zero-order valence-electron chi connectivity index (χ0n) is 10.1. The Morgan fingerprint density at radius 2 is 2.11 bits per heavy atom. The van der Waals surface area contributed by atoms with Crippen LogP contribution in [0, 0.1) is 0 Å². The van der Waals surface area contributed by atoms with Crippen LogP contribution in [0.25, 0.3) is 0 Å². The topological polar surface area (TPSA) is 34.1 Å². The van der Waals surface area contributed by atoms with Crippen LogP contribution in [-0.4, -0.2) is 12.1 Å². The number of nitrogens with one attached hydrogen (secondary N) is 1. The molecule has 0 saturated carbocycles. The lowest BCUT2D eigenvalue weighted by Gasteiger charge is -2.11. The Hall–Kier alpha value is -0.780. The van der Waals surface area contributed by atoms with E-state index in [1.165, 1.54) is 0 Å². The van der Waals surface area contributed by atoms with Gasteiger partial charge in [-0.2, -0.15) is 0 Å². The number of ether oxygens (including phenoxy) is 1. The predicted octanol–water partition coefficient (Wildman–Crippen LogP) is 4.88. The molecule has 0 unspecified atom stereocenters. The van der Waals surface area contributed by atoms with Crippen molar-refractivity contribution in [2.75, 3.05) is 12.4 Å². The maximum atomic E-state index is 6.03. The summed E-state index contributed by atoms with van der Waals surface area (Å²) in [7, 11) is 1.65. The van der Waals surface area contributed by atoms with Crippen molar-refractivity contribution in [1.29, 1.82) is 0 Å². The van der Waals surface area contributed by atoms with Crippen LogP contribution in [0.2, 0.25) is 5.15 Å². The lowest BCUT2D eigenvalue weighted by molar-refractivity contribution is 0.414. The number of aromatic nitrogens is 1. The van der Waals surface area contributed by atoms with E-state index in [-0.39, 0.29) is 0 Å². The molecule has 6 heteroatoms. The van der Waals surface area contributed by atoms with E-state index in [2.05, 4.69) is 42.2 Å². The highest BCUT2D eigenvalue weighted by molar-refractivity contribution is 9.10. The van der Waals surface area contributed by atoms with Crippen LogP contribution < -0.4 is 10.1 Å². The zero-order valence-corrected chi connectivity index (χ0v) is 14.0. The van der Waals surface area contributed by atoms with Gasteiger partial charge in [0.15, 0.2) is 5.15 Å². The molecule has 3 nitrogen and oxygen atoms in total. The Kier molecular flexibility index (Phi) is 5.07. The fourth-order valence-corrected chi connectivity index (χ4v) is 2.44. The number of pyridine rings is 1. The van der Waals surface area contributed by atoms with Crippen molar-refractivity contribution in [1.82, 2.24) is 4.98 Å². The van der Waals surface area contributed by atoms with Crippen molar-refractivity contribution in [3.63, 3.8) is 0 Å². The first kappa shape index (κ1) is 14.6. The molecule has 2 rings (SSSR count). The van der Waals surface area contributed by atoms with Crippen LogP contribution in [0.5, 0.6) is 5.75 Å². The smallest absolute Gasteiger partial charge is 0.152 e. The van der Waals surface area contributed by atoms with Gasteiger partial charge in [-0.3, -0.25) is 0 Å². The van der Waals surface area contributed by atoms with Crippen LogP contribution >= 0.6 is 43.5 Å². The van der Waals surface area contributed by atoms with Crippen LogP contribution in [0.1, 0.15) is 5.56 Å². The van der Waals surface area contributed by atoms with Gasteiger partial charge in [-0.1, -0.05) is 27.5 Å². The van der Waals surface area contributed by atoms with E-state index >= 15 is 0 Å². The van der Waals surface area contributed by atoms with Gasteiger partial charge in [0, 0.05) is 21.7 Å². The molecule has 0 fully saturated rings. The summed E-state index contributed by atoms with van der Waals surface area (Å²) in [6.07, 6.45) is 1.66. The minimum Gasteiger partial charge on any atom is -0.497 e. The predicted molar refractivity (Wildman–Crippen MR) is 85.0 cm³/mol. The molecule has 100 valence electrons. The third kappa shape index (κ3) is 3.84. The molecule has 1 heterocycles. The highest BCUT2D eigenvalue weighted by Gasteiger charge is 2.05. The van der Waals surface area contributed by atoms with E-state index in [0.717, 1.165) is 25.9 Å². The monoisotopic (exact) mass is 404 g/mol. The molecule has 2 aromatic rings. The van der Waals surface area contributed by atoms with Crippen molar-refractivity contribution >= 4 is 49.1 Å². The lowest BCUT2D eigenvalue weighted by Crippen LogP contribution is -2.02. The van der Waals surface area contributed by atoms with E-state index in [1.54, 1.807) is 13.3 Å². The Morgan fingerprint density at radius 1 is 1.32 bits per heavy atom. The number of methoxy groups -OCH3 is 1. The lowest BCUT2D eigenvalue weighted by atomic mass is 10.2. The molecule has 0 amide bonds. The van der Waals surface area contributed by atoms with E-state index in [1.807, 2.05) is 24.3 Å². The summed E-state index contributed by atoms with van der Waals surface area (Å²) in [6, 6.07) is 7.72. The van der Waals surface area contributed by atoms with Gasteiger partial charge in [0.25, 0.3) is 0 Å². The Balaban J connectivity index is 2.16. The van der Waals surface area contributed by atoms with Crippen molar-refractivity contribution in [3.05, 3.63) is 50.1 Å². The van der Waals surface area contributed by atoms with Gasteiger partial charge < -0.3 is 10.1 Å². The van der Waals surface area contributed by atoms with Crippen molar-refractivity contribution in [3.8, 4) is 5.75 Å². The number of rotatable bonds is 4. The second kappa shape index (κ2) is 6.59. The van der Waals surface area contributed by atoms with E-state index in [4.69, 9.17) is 16.3 Å². The van der Waals surface area contributed by atoms with Gasteiger partial charge in [0.2, 0.25) is 0 Å². The highest BCUT2D eigenvalue weighted by atomic mass is 79.9. The third-order valence-electron chi connectivity index (χ3n) is 2.53. The molecule has 0 radical (unpaired) electrons. The fourth-order valence-electron chi connectivity index (χ4n) is 1.55. The van der Waals surface area contributed by atoms with Gasteiger partial charge in [-0.25, -0.2) is 4.98 Å². The van der Waals surface area contributed by atoms with E-state index in [0.29, 0.717) is 11.7 Å². The molecule has 0 aliphatic carbocycles. The first-order valence-corrected chi connectivity index (χ1v) is 7.44. The summed E-state index contributed by atoms with van der Waals surface area (Å²) in [4.78, 5) is 4.07. The minimum absolute atomic E-state index is 0.446. The molecule has 0 bridgehead atoms. The van der Waals surface area contributed by atoms with Crippen molar-refractivity contribution < 1.29 is 4.74 Å². The van der Waals surface area contributed by atoms with Gasteiger partial charge in [-0.05, 0) is 45.8 Å². The number of hydrogen-bond acceptors (Lipinski definition) is 3. The molecule has 19 heavy (non-hydrogen) atoms. The van der Waals surface area contributed by atoms with Crippen molar-refractivity contribution in [2.45, 2.75) is 6.54 Å². The summed E-state index contributed by atoms with van der Waals surface area (Å²) in [6.45, 7) is 0.621. The maximum Gasteiger partial charge on any atom is 0.152 e. The molecule has 0 spiro atoms. The highest BCUT2D eigenvalue weighted by Crippen LogP contribution is 2.26. The summed E-state index contributed by atoms with van der Waals surface area (Å²) >= 11 is 12.9. The molecule has 0 aliphatic rings. The fraction of sp³-hybridized carbons (Fsp3) is 0.154. The summed E-state index contributed by atoms with van der Waals surface area (Å²) in [5.41, 5.74) is 1.86. The summed E-state index contributed by atoms with van der Waals surface area (Å²) in [5, 5.41) is 3.70. The molecule has 0 aliphatic heterocycles. The first-order valence-electron chi connectivity index (χ1n) is 5.47. The number of benzene rings is 1. The normalized spacial score (nSPS) is 10.3. The van der Waals surface area contributed by atoms with E-state index < -0.39 is 0 Å². The third-order valence-corrected chi connectivity index (χ3v) is 4.04. The quantitative estimate of drug-likeness (QED) is 0.735. The average Bonchev–Trinajstić information content (AvgIpc) is 2.41. The van der Waals surface area contributed by atoms with Crippen LogP contribution in [-0.2, 0) is 6.54 Å². The number of anilines is 1. The maximum absolute atomic E-state index is 6.03. The number of hydrogen-bond donors (Lipinski definition) is 1. The number of nitrogens with zero attached hydrogens (tertiary/aromatic N) is 1.